The van der Waals surface area contributed by atoms with E-state index in [4.69, 9.17) is 0 Å². The highest BCUT2D eigenvalue weighted by molar-refractivity contribution is 9.10. The van der Waals surface area contributed by atoms with Crippen molar-refractivity contribution in [1.82, 2.24) is 0 Å². The third kappa shape index (κ3) is 1.29. The van der Waals surface area contributed by atoms with Crippen molar-refractivity contribution in [3.05, 3.63) is 23.6 Å². The first-order valence-corrected chi connectivity index (χ1v) is 3.74. The van der Waals surface area contributed by atoms with E-state index in [-0.39, 0.29) is 12.0 Å². The van der Waals surface area contributed by atoms with Crippen LogP contribution in [-0.4, -0.2) is 4.58 Å². The maximum absolute atomic E-state index is 13.1. The van der Waals surface area contributed by atoms with Gasteiger partial charge in [-0.25, -0.2) is 8.78 Å². The first kappa shape index (κ1) is 7.92. The molecule has 0 heterocycles. The van der Waals surface area contributed by atoms with Gasteiger partial charge >= 0.3 is 0 Å². The molecule has 0 N–H and O–H groups in total. The molecule has 1 atom stereocenters. The molecule has 1 aliphatic carbocycles. The van der Waals surface area contributed by atoms with Crippen molar-refractivity contribution in [2.75, 3.05) is 0 Å². The lowest BCUT2D eigenvalue weighted by Gasteiger charge is -2.20. The van der Waals surface area contributed by atoms with Gasteiger partial charge in [0.2, 0.25) is 0 Å². The van der Waals surface area contributed by atoms with Crippen LogP contribution in [0.4, 0.5) is 8.78 Å². The second kappa shape index (κ2) is 2.46. The maximum Gasteiger partial charge on any atom is 0.192 e. The molecular weight excluding hydrogens is 202 g/mol. The first-order chi connectivity index (χ1) is 4.54. The molecule has 1 unspecified atom stereocenters. The normalized spacial score (nSPS) is 33.2. The van der Waals surface area contributed by atoms with Gasteiger partial charge in [0.1, 0.15) is 5.83 Å². The van der Waals surface area contributed by atoms with E-state index in [9.17, 15) is 8.78 Å². The van der Waals surface area contributed by atoms with Gasteiger partial charge in [0, 0.05) is 12.0 Å². The fourth-order valence-corrected chi connectivity index (χ4v) is 1.14. The molecular formula is C7H7BrF2. The minimum Gasteiger partial charge on any atom is -0.226 e. The van der Waals surface area contributed by atoms with Gasteiger partial charge in [-0.15, -0.1) is 0 Å². The predicted octanol–water partition coefficient (Wildman–Crippen LogP) is 3.25. The Morgan fingerprint density at radius 1 is 1.70 bits per heavy atom. The van der Waals surface area contributed by atoms with Gasteiger partial charge in [0.15, 0.2) is 4.58 Å². The smallest absolute Gasteiger partial charge is 0.192 e. The molecule has 3 heteroatoms. The highest BCUT2D eigenvalue weighted by atomic mass is 79.9. The Kier molecular flexibility index (Phi) is 1.95. The van der Waals surface area contributed by atoms with E-state index < -0.39 is 10.4 Å². The quantitative estimate of drug-likeness (QED) is 0.537. The van der Waals surface area contributed by atoms with Crippen LogP contribution >= 0.6 is 15.9 Å². The fourth-order valence-electron chi connectivity index (χ4n) is 0.763. The summed E-state index contributed by atoms with van der Waals surface area (Å²) in [6, 6.07) is 0. The summed E-state index contributed by atoms with van der Waals surface area (Å²) in [5.41, 5.74) is 0.120. The van der Waals surface area contributed by atoms with Crippen molar-refractivity contribution in [3.8, 4) is 0 Å². The van der Waals surface area contributed by atoms with Gasteiger partial charge in [0.05, 0.1) is 0 Å². The molecule has 1 rings (SSSR count). The molecule has 0 bridgehead atoms. The minimum absolute atomic E-state index is 0.120. The van der Waals surface area contributed by atoms with Crippen molar-refractivity contribution >= 4 is 15.9 Å². The van der Waals surface area contributed by atoms with Crippen LogP contribution in [0.5, 0.6) is 0 Å². The Bertz CT molecular complexity index is 204. The summed E-state index contributed by atoms with van der Waals surface area (Å²) < 4.78 is 24.0. The van der Waals surface area contributed by atoms with Crippen LogP contribution in [0.2, 0.25) is 0 Å². The molecule has 0 aliphatic heterocycles. The van der Waals surface area contributed by atoms with Crippen LogP contribution in [0.25, 0.3) is 0 Å². The van der Waals surface area contributed by atoms with Crippen molar-refractivity contribution < 1.29 is 8.78 Å². The van der Waals surface area contributed by atoms with Gasteiger partial charge in [-0.1, -0.05) is 6.08 Å². The highest BCUT2D eigenvalue weighted by Gasteiger charge is 2.31. The van der Waals surface area contributed by atoms with E-state index in [1.54, 1.807) is 0 Å². The molecule has 0 aromatic heterocycles. The van der Waals surface area contributed by atoms with E-state index in [1.807, 2.05) is 0 Å². The molecule has 56 valence electrons. The topological polar surface area (TPSA) is 0 Å². The van der Waals surface area contributed by atoms with Crippen LogP contribution in [0.3, 0.4) is 0 Å². The Hall–Kier alpha value is -0.180. The minimum atomic E-state index is -1.66. The van der Waals surface area contributed by atoms with Gasteiger partial charge in [-0.3, -0.25) is 0 Å². The fraction of sp³-hybridized carbons (Fsp3) is 0.429. The second-order valence-electron chi connectivity index (χ2n) is 2.28. The molecule has 0 nitrogen and oxygen atoms in total. The van der Waals surface area contributed by atoms with E-state index in [0.717, 1.165) is 0 Å². The summed E-state index contributed by atoms with van der Waals surface area (Å²) in [6.07, 6.45) is 2.96. The lowest BCUT2D eigenvalue weighted by molar-refractivity contribution is 0.338. The first-order valence-electron chi connectivity index (χ1n) is 2.95. The molecule has 0 saturated heterocycles. The molecule has 0 aromatic rings. The van der Waals surface area contributed by atoms with E-state index >= 15 is 0 Å². The molecule has 0 fully saturated rings. The molecule has 0 spiro atoms. The maximum atomic E-state index is 13.1. The number of allylic oxidation sites excluding steroid dienone is 4. The monoisotopic (exact) mass is 208 g/mol. The van der Waals surface area contributed by atoms with E-state index in [1.165, 1.54) is 19.1 Å². The lowest BCUT2D eigenvalue weighted by atomic mass is 10.0. The van der Waals surface area contributed by atoms with E-state index in [2.05, 4.69) is 15.9 Å². The molecule has 1 aliphatic rings. The van der Waals surface area contributed by atoms with E-state index in [0.29, 0.717) is 0 Å². The van der Waals surface area contributed by atoms with Crippen LogP contribution in [-0.2, 0) is 0 Å². The molecule has 0 saturated carbocycles. The van der Waals surface area contributed by atoms with Crippen LogP contribution in [0.1, 0.15) is 13.3 Å². The Labute approximate surface area is 66.7 Å². The summed E-state index contributed by atoms with van der Waals surface area (Å²) >= 11 is 2.78. The van der Waals surface area contributed by atoms with Crippen LogP contribution < -0.4 is 0 Å². The zero-order valence-corrected chi connectivity index (χ0v) is 7.08. The predicted molar refractivity (Wildman–Crippen MR) is 40.3 cm³/mol. The standard InChI is InChI=1S/C7H7BrF2/c1-5-6(9)3-2-4-7(5,8)10/h2-3H,4H2,1H3. The number of halogens is 3. The van der Waals surface area contributed by atoms with Crippen LogP contribution in [0, 0.1) is 0 Å². The van der Waals surface area contributed by atoms with Gasteiger partial charge in [-0.2, -0.15) is 0 Å². The summed E-state index contributed by atoms with van der Waals surface area (Å²) in [5, 5.41) is 0. The zero-order valence-electron chi connectivity index (χ0n) is 5.50. The third-order valence-corrected chi connectivity index (χ3v) is 2.46. The summed E-state index contributed by atoms with van der Waals surface area (Å²) in [5.74, 6) is -0.481. The van der Waals surface area contributed by atoms with Crippen molar-refractivity contribution in [2.45, 2.75) is 17.9 Å². The lowest BCUT2D eigenvalue weighted by Crippen LogP contribution is -2.17. The number of hydrogen-bond acceptors (Lipinski definition) is 0. The SMILES string of the molecule is CC1=C(F)C=CCC1(F)Br. The van der Waals surface area contributed by atoms with Crippen molar-refractivity contribution in [1.29, 1.82) is 0 Å². The Morgan fingerprint density at radius 3 is 2.70 bits per heavy atom. The number of hydrogen-bond donors (Lipinski definition) is 0. The number of rotatable bonds is 0. The van der Waals surface area contributed by atoms with Gasteiger partial charge in [-0.05, 0) is 28.9 Å². The van der Waals surface area contributed by atoms with Gasteiger partial charge in [0.25, 0.3) is 0 Å². The number of alkyl halides is 2. The largest absolute Gasteiger partial charge is 0.226 e. The highest BCUT2D eigenvalue weighted by Crippen LogP contribution is 2.38. The molecule has 0 aromatic carbocycles. The Balaban J connectivity index is 2.99. The average Bonchev–Trinajstić information content (AvgIpc) is 1.83. The molecule has 10 heavy (non-hydrogen) atoms. The average molecular weight is 209 g/mol. The second-order valence-corrected chi connectivity index (χ2v) is 3.54. The van der Waals surface area contributed by atoms with Gasteiger partial charge < -0.3 is 0 Å². The summed E-state index contributed by atoms with van der Waals surface area (Å²) in [7, 11) is 0. The molecule has 0 amide bonds. The summed E-state index contributed by atoms with van der Waals surface area (Å²) in [4.78, 5) is 0. The third-order valence-electron chi connectivity index (χ3n) is 1.55. The Morgan fingerprint density at radius 2 is 2.30 bits per heavy atom. The van der Waals surface area contributed by atoms with Crippen LogP contribution in [0.15, 0.2) is 23.6 Å². The molecule has 0 radical (unpaired) electrons. The van der Waals surface area contributed by atoms with Crippen molar-refractivity contribution in [3.63, 3.8) is 0 Å². The summed E-state index contributed by atoms with van der Waals surface area (Å²) in [6.45, 7) is 1.44. The van der Waals surface area contributed by atoms with Crippen molar-refractivity contribution in [2.24, 2.45) is 0 Å². The zero-order chi connectivity index (χ0) is 7.78.